The summed E-state index contributed by atoms with van der Waals surface area (Å²) in [7, 11) is 1.76. The number of rotatable bonds is 8. The van der Waals surface area contributed by atoms with E-state index in [1.807, 2.05) is 11.8 Å². The molecule has 0 aliphatic rings. The molecular weight excluding hydrogens is 224 g/mol. The molecule has 0 aliphatic carbocycles. The molecule has 3 heteroatoms. The first-order chi connectivity index (χ1) is 5.41. The molecule has 0 bridgehead atoms. The van der Waals surface area contributed by atoms with Crippen LogP contribution in [-0.4, -0.2) is 30.6 Å². The third-order valence-electron chi connectivity index (χ3n) is 1.31. The van der Waals surface area contributed by atoms with Gasteiger partial charge in [0.1, 0.15) is 0 Å². The van der Waals surface area contributed by atoms with Crippen LogP contribution in [0, 0.1) is 0 Å². The minimum Gasteiger partial charge on any atom is -0.385 e. The standard InChI is InChI=1S/C8H17BrOS/c1-10-6-4-8-11-7-3-2-5-9/h2-8H2,1H3. The van der Waals surface area contributed by atoms with Gasteiger partial charge in [0.15, 0.2) is 0 Å². The number of methoxy groups -OCH3 is 1. The minimum absolute atomic E-state index is 0.908. The van der Waals surface area contributed by atoms with Crippen molar-refractivity contribution in [1.29, 1.82) is 0 Å². The summed E-state index contributed by atoms with van der Waals surface area (Å²) < 4.78 is 4.95. The predicted octanol–water partition coefficient (Wildman–Crippen LogP) is 2.93. The zero-order chi connectivity index (χ0) is 8.36. The molecule has 0 heterocycles. The van der Waals surface area contributed by atoms with Gasteiger partial charge in [0, 0.05) is 19.0 Å². The lowest BCUT2D eigenvalue weighted by Gasteiger charge is -1.99. The van der Waals surface area contributed by atoms with Crippen LogP contribution in [0.25, 0.3) is 0 Å². The van der Waals surface area contributed by atoms with Crippen molar-refractivity contribution in [1.82, 2.24) is 0 Å². The average molecular weight is 241 g/mol. The van der Waals surface area contributed by atoms with Gasteiger partial charge in [0.25, 0.3) is 0 Å². The van der Waals surface area contributed by atoms with Gasteiger partial charge in [-0.2, -0.15) is 11.8 Å². The van der Waals surface area contributed by atoms with Crippen molar-refractivity contribution in [3.05, 3.63) is 0 Å². The molecule has 0 fully saturated rings. The Labute approximate surface area is 82.4 Å². The van der Waals surface area contributed by atoms with Gasteiger partial charge in [-0.25, -0.2) is 0 Å². The molecule has 0 aromatic heterocycles. The van der Waals surface area contributed by atoms with Gasteiger partial charge in [-0.15, -0.1) is 0 Å². The summed E-state index contributed by atoms with van der Waals surface area (Å²) in [5.74, 6) is 2.55. The van der Waals surface area contributed by atoms with Crippen molar-refractivity contribution in [2.75, 3.05) is 30.6 Å². The molecular formula is C8H17BrOS. The fourth-order valence-corrected chi connectivity index (χ4v) is 2.04. The summed E-state index contributed by atoms with van der Waals surface area (Å²) in [6, 6.07) is 0. The van der Waals surface area contributed by atoms with Gasteiger partial charge >= 0.3 is 0 Å². The van der Waals surface area contributed by atoms with Crippen molar-refractivity contribution >= 4 is 27.7 Å². The average Bonchev–Trinajstić information content (AvgIpc) is 2.03. The van der Waals surface area contributed by atoms with Crippen LogP contribution < -0.4 is 0 Å². The number of ether oxygens (including phenoxy) is 1. The largest absolute Gasteiger partial charge is 0.385 e. The molecule has 0 radical (unpaired) electrons. The summed E-state index contributed by atoms with van der Waals surface area (Å²) in [4.78, 5) is 0. The first kappa shape index (κ1) is 11.8. The Bertz CT molecular complexity index is 63.1. The number of unbranched alkanes of at least 4 members (excludes halogenated alkanes) is 1. The number of thioether (sulfide) groups is 1. The smallest absolute Gasteiger partial charge is 0.0470 e. The fourth-order valence-electron chi connectivity index (χ4n) is 0.706. The summed E-state index contributed by atoms with van der Waals surface area (Å²) in [5.41, 5.74) is 0. The highest BCUT2D eigenvalue weighted by Gasteiger charge is 1.89. The van der Waals surface area contributed by atoms with Crippen molar-refractivity contribution < 1.29 is 4.74 Å². The Hall–Kier alpha value is 0.790. The summed E-state index contributed by atoms with van der Waals surface area (Å²) >= 11 is 5.45. The van der Waals surface area contributed by atoms with E-state index in [-0.39, 0.29) is 0 Å². The number of hydrogen-bond acceptors (Lipinski definition) is 2. The van der Waals surface area contributed by atoms with Gasteiger partial charge < -0.3 is 4.74 Å². The summed E-state index contributed by atoms with van der Waals surface area (Å²) in [6.07, 6.45) is 3.83. The highest BCUT2D eigenvalue weighted by atomic mass is 79.9. The summed E-state index contributed by atoms with van der Waals surface area (Å²) in [5, 5.41) is 1.14. The van der Waals surface area contributed by atoms with Crippen molar-refractivity contribution in [2.45, 2.75) is 19.3 Å². The van der Waals surface area contributed by atoms with Gasteiger partial charge in [-0.05, 0) is 30.8 Å². The van der Waals surface area contributed by atoms with Gasteiger partial charge in [-0.1, -0.05) is 15.9 Å². The van der Waals surface area contributed by atoms with Crippen LogP contribution in [0.5, 0.6) is 0 Å². The van der Waals surface area contributed by atoms with Crippen LogP contribution in [0.15, 0.2) is 0 Å². The Morgan fingerprint density at radius 3 is 2.55 bits per heavy atom. The molecule has 1 nitrogen and oxygen atoms in total. The third-order valence-corrected chi connectivity index (χ3v) is 3.02. The molecule has 0 aromatic carbocycles. The van der Waals surface area contributed by atoms with Crippen molar-refractivity contribution in [3.8, 4) is 0 Å². The Morgan fingerprint density at radius 2 is 1.91 bits per heavy atom. The van der Waals surface area contributed by atoms with Crippen LogP contribution in [-0.2, 0) is 4.74 Å². The lowest BCUT2D eigenvalue weighted by Crippen LogP contribution is -1.91. The van der Waals surface area contributed by atoms with E-state index in [0.717, 1.165) is 11.9 Å². The maximum absolute atomic E-state index is 4.95. The SMILES string of the molecule is COCCCSCCCCBr. The van der Waals surface area contributed by atoms with Crippen LogP contribution in [0.1, 0.15) is 19.3 Å². The Kier molecular flexibility index (Phi) is 11.6. The predicted molar refractivity (Wildman–Crippen MR) is 56.8 cm³/mol. The monoisotopic (exact) mass is 240 g/mol. The first-order valence-electron chi connectivity index (χ1n) is 4.04. The van der Waals surface area contributed by atoms with Gasteiger partial charge in [0.2, 0.25) is 0 Å². The maximum Gasteiger partial charge on any atom is 0.0470 e. The molecule has 0 aromatic rings. The first-order valence-corrected chi connectivity index (χ1v) is 6.32. The second-order valence-corrected chi connectivity index (χ2v) is 4.37. The molecule has 11 heavy (non-hydrogen) atoms. The maximum atomic E-state index is 4.95. The van der Waals surface area contributed by atoms with E-state index in [4.69, 9.17) is 4.74 Å². The second kappa shape index (κ2) is 10.8. The number of hydrogen-bond donors (Lipinski definition) is 0. The van der Waals surface area contributed by atoms with E-state index in [2.05, 4.69) is 15.9 Å². The molecule has 0 saturated heterocycles. The Morgan fingerprint density at radius 1 is 1.18 bits per heavy atom. The molecule has 0 atom stereocenters. The van der Waals surface area contributed by atoms with Crippen molar-refractivity contribution in [3.63, 3.8) is 0 Å². The lowest BCUT2D eigenvalue weighted by atomic mass is 10.4. The van der Waals surface area contributed by atoms with E-state index in [9.17, 15) is 0 Å². The van der Waals surface area contributed by atoms with Crippen LogP contribution in [0.2, 0.25) is 0 Å². The van der Waals surface area contributed by atoms with E-state index in [1.54, 1.807) is 7.11 Å². The molecule has 0 spiro atoms. The minimum atomic E-state index is 0.908. The van der Waals surface area contributed by atoms with E-state index < -0.39 is 0 Å². The second-order valence-electron chi connectivity index (χ2n) is 2.35. The topological polar surface area (TPSA) is 9.23 Å². The van der Waals surface area contributed by atoms with Crippen LogP contribution in [0.4, 0.5) is 0 Å². The van der Waals surface area contributed by atoms with Gasteiger partial charge in [0.05, 0.1) is 0 Å². The fraction of sp³-hybridized carbons (Fsp3) is 1.00. The molecule has 0 N–H and O–H groups in total. The zero-order valence-electron chi connectivity index (χ0n) is 7.14. The highest BCUT2D eigenvalue weighted by molar-refractivity contribution is 9.09. The molecule has 0 aliphatic heterocycles. The Balaban J connectivity index is 2.69. The normalized spacial score (nSPS) is 10.4. The highest BCUT2D eigenvalue weighted by Crippen LogP contribution is 2.06. The van der Waals surface area contributed by atoms with E-state index >= 15 is 0 Å². The number of halogens is 1. The van der Waals surface area contributed by atoms with E-state index in [1.165, 1.54) is 30.8 Å². The van der Waals surface area contributed by atoms with Crippen LogP contribution >= 0.6 is 27.7 Å². The van der Waals surface area contributed by atoms with Crippen molar-refractivity contribution in [2.24, 2.45) is 0 Å². The molecule has 0 amide bonds. The number of alkyl halides is 1. The van der Waals surface area contributed by atoms with E-state index in [0.29, 0.717) is 0 Å². The molecule has 0 unspecified atom stereocenters. The molecule has 0 rings (SSSR count). The quantitative estimate of drug-likeness (QED) is 0.477. The zero-order valence-corrected chi connectivity index (χ0v) is 9.55. The van der Waals surface area contributed by atoms with Crippen LogP contribution in [0.3, 0.4) is 0 Å². The third kappa shape index (κ3) is 10.8. The van der Waals surface area contributed by atoms with Gasteiger partial charge in [-0.3, -0.25) is 0 Å². The lowest BCUT2D eigenvalue weighted by molar-refractivity contribution is 0.200. The summed E-state index contributed by atoms with van der Waals surface area (Å²) in [6.45, 7) is 0.908. The molecule has 68 valence electrons. The molecule has 0 saturated carbocycles.